The molecule has 1 saturated heterocycles. The molecule has 0 aromatic heterocycles. The van der Waals surface area contributed by atoms with Crippen molar-refractivity contribution in [2.75, 3.05) is 13.7 Å². The van der Waals surface area contributed by atoms with Gasteiger partial charge in [0.05, 0.1) is 30.7 Å². The van der Waals surface area contributed by atoms with Crippen molar-refractivity contribution in [1.29, 1.82) is 0 Å². The molecule has 1 aromatic carbocycles. The van der Waals surface area contributed by atoms with Crippen molar-refractivity contribution >= 4 is 46.6 Å². The first-order valence-electron chi connectivity index (χ1n) is 7.79. The van der Waals surface area contributed by atoms with Gasteiger partial charge in [0.15, 0.2) is 5.17 Å². The number of alkyl halides is 1. The number of esters is 1. The third kappa shape index (κ3) is 5.60. The highest BCUT2D eigenvalue weighted by molar-refractivity contribution is 8.18. The Morgan fingerprint density at radius 2 is 2.23 bits per heavy atom. The molecule has 26 heavy (non-hydrogen) atoms. The number of hydrogen-bond donors (Lipinski definition) is 1. The third-order valence-corrected chi connectivity index (χ3v) is 4.33. The van der Waals surface area contributed by atoms with Crippen LogP contribution in [0.1, 0.15) is 24.5 Å². The normalized spacial score (nSPS) is 17.1. The van der Waals surface area contributed by atoms with E-state index in [2.05, 4.69) is 20.3 Å². The fourth-order valence-electron chi connectivity index (χ4n) is 1.93. The van der Waals surface area contributed by atoms with Gasteiger partial charge in [-0.15, -0.1) is 16.7 Å². The van der Waals surface area contributed by atoms with Crippen LogP contribution in [0.15, 0.2) is 39.4 Å². The van der Waals surface area contributed by atoms with E-state index in [9.17, 15) is 9.59 Å². The topological polar surface area (TPSA) is 89.4 Å². The van der Waals surface area contributed by atoms with Crippen molar-refractivity contribution in [2.24, 2.45) is 10.2 Å². The predicted molar refractivity (Wildman–Crippen MR) is 103 cm³/mol. The number of benzene rings is 1. The lowest BCUT2D eigenvalue weighted by molar-refractivity contribution is -0.135. The second-order valence-electron chi connectivity index (χ2n) is 5.09. The lowest BCUT2D eigenvalue weighted by Gasteiger charge is -2.09. The molecule has 1 amide bonds. The summed E-state index contributed by atoms with van der Waals surface area (Å²) in [7, 11) is 1.24. The molecule has 7 nitrogen and oxygen atoms in total. The number of thioether (sulfide) groups is 1. The Bertz CT molecular complexity index is 777. The molecule has 0 radical (unpaired) electrons. The summed E-state index contributed by atoms with van der Waals surface area (Å²) in [5, 5.41) is 10.7. The summed E-state index contributed by atoms with van der Waals surface area (Å²) in [5.41, 5.74) is 1.66. The number of nitrogens with zero attached hydrogens (tertiary/aromatic N) is 2. The minimum Gasteiger partial charge on any atom is -0.493 e. The van der Waals surface area contributed by atoms with E-state index in [0.717, 1.165) is 41.1 Å². The van der Waals surface area contributed by atoms with Crippen LogP contribution in [0, 0.1) is 0 Å². The standard InChI is InChI=1S/C17H18ClN3O4S/c1-3-6-25-13-5-4-11(7-12(13)9-18)10-19-21-17-20-16(23)14(26-17)8-15(22)24-2/h4-5,7-8,10H,3,6,9H2,1-2H3,(H,20,21,23)/b14-8+,19-10?. The molecule has 1 fully saturated rings. The highest BCUT2D eigenvalue weighted by atomic mass is 35.5. The van der Waals surface area contributed by atoms with Gasteiger partial charge in [0, 0.05) is 11.6 Å². The number of methoxy groups -OCH3 is 1. The van der Waals surface area contributed by atoms with Crippen LogP contribution in [-0.2, 0) is 20.2 Å². The Balaban J connectivity index is 2.06. The van der Waals surface area contributed by atoms with Gasteiger partial charge in [0.1, 0.15) is 5.75 Å². The number of rotatable bonds is 7. The summed E-state index contributed by atoms with van der Waals surface area (Å²) in [6.07, 6.45) is 3.56. The van der Waals surface area contributed by atoms with Crippen LogP contribution in [0.5, 0.6) is 5.75 Å². The van der Waals surface area contributed by atoms with Gasteiger partial charge in [-0.2, -0.15) is 5.10 Å². The Morgan fingerprint density at radius 3 is 2.92 bits per heavy atom. The number of amides is 1. The highest BCUT2D eigenvalue weighted by Gasteiger charge is 2.24. The lowest BCUT2D eigenvalue weighted by Crippen LogP contribution is -2.19. The van der Waals surface area contributed by atoms with Gasteiger partial charge in [-0.1, -0.05) is 6.92 Å². The lowest BCUT2D eigenvalue weighted by atomic mass is 10.1. The zero-order valence-corrected chi connectivity index (χ0v) is 15.9. The Hall–Kier alpha value is -2.32. The van der Waals surface area contributed by atoms with E-state index in [4.69, 9.17) is 16.3 Å². The van der Waals surface area contributed by atoms with Crippen molar-refractivity contribution in [2.45, 2.75) is 19.2 Å². The molecule has 138 valence electrons. The summed E-state index contributed by atoms with van der Waals surface area (Å²) in [5.74, 6) is 0.0483. The monoisotopic (exact) mass is 395 g/mol. The average Bonchev–Trinajstić information content (AvgIpc) is 2.99. The Morgan fingerprint density at radius 1 is 1.42 bits per heavy atom. The summed E-state index contributed by atoms with van der Waals surface area (Å²) >= 11 is 6.97. The molecule has 0 saturated carbocycles. The average molecular weight is 396 g/mol. The van der Waals surface area contributed by atoms with Gasteiger partial charge in [-0.3, -0.25) is 10.1 Å². The van der Waals surface area contributed by atoms with Gasteiger partial charge in [-0.25, -0.2) is 4.79 Å². The van der Waals surface area contributed by atoms with Gasteiger partial charge in [0.2, 0.25) is 0 Å². The summed E-state index contributed by atoms with van der Waals surface area (Å²) in [6, 6.07) is 5.55. The first-order chi connectivity index (χ1) is 12.6. The maximum Gasteiger partial charge on any atom is 0.331 e. The van der Waals surface area contributed by atoms with Gasteiger partial charge < -0.3 is 9.47 Å². The first-order valence-corrected chi connectivity index (χ1v) is 9.14. The molecular formula is C17H18ClN3O4S. The van der Waals surface area contributed by atoms with E-state index in [0.29, 0.717) is 12.5 Å². The van der Waals surface area contributed by atoms with Crippen LogP contribution >= 0.6 is 23.4 Å². The predicted octanol–water partition coefficient (Wildman–Crippen LogP) is 2.82. The van der Waals surface area contributed by atoms with E-state index >= 15 is 0 Å². The fraction of sp³-hybridized carbons (Fsp3) is 0.294. The summed E-state index contributed by atoms with van der Waals surface area (Å²) in [6.45, 7) is 2.66. The molecular weight excluding hydrogens is 378 g/mol. The second-order valence-corrected chi connectivity index (χ2v) is 6.38. The van der Waals surface area contributed by atoms with Gasteiger partial charge >= 0.3 is 5.97 Å². The Kier molecular flexibility index (Phi) is 7.68. The molecule has 0 atom stereocenters. The third-order valence-electron chi connectivity index (χ3n) is 3.15. The smallest absolute Gasteiger partial charge is 0.331 e. The fourth-order valence-corrected chi connectivity index (χ4v) is 2.87. The molecule has 0 bridgehead atoms. The van der Waals surface area contributed by atoms with E-state index in [1.807, 2.05) is 25.1 Å². The molecule has 9 heteroatoms. The number of hydrogen-bond acceptors (Lipinski definition) is 7. The summed E-state index contributed by atoms with van der Waals surface area (Å²) in [4.78, 5) is 23.1. The zero-order chi connectivity index (χ0) is 18.9. The van der Waals surface area contributed by atoms with Gasteiger partial charge in [-0.05, 0) is 41.9 Å². The van der Waals surface area contributed by atoms with Crippen LogP contribution in [0.3, 0.4) is 0 Å². The van der Waals surface area contributed by atoms with E-state index in [1.165, 1.54) is 7.11 Å². The maximum atomic E-state index is 11.7. The summed E-state index contributed by atoms with van der Waals surface area (Å²) < 4.78 is 10.1. The van der Waals surface area contributed by atoms with E-state index in [1.54, 1.807) is 6.21 Å². The highest BCUT2D eigenvalue weighted by Crippen LogP contribution is 2.24. The number of carbonyl (C=O) groups excluding carboxylic acids is 2. The largest absolute Gasteiger partial charge is 0.493 e. The number of ether oxygens (including phenoxy) is 2. The number of amidine groups is 1. The first kappa shape index (κ1) is 20.0. The molecule has 1 aliphatic heterocycles. The molecule has 1 aromatic rings. The maximum absolute atomic E-state index is 11.7. The molecule has 1 heterocycles. The minimum absolute atomic E-state index is 0.202. The van der Waals surface area contributed by atoms with Crippen LogP contribution in [0.25, 0.3) is 0 Å². The van der Waals surface area contributed by atoms with Crippen molar-refractivity contribution < 1.29 is 19.1 Å². The number of nitrogens with one attached hydrogen (secondary N) is 1. The minimum atomic E-state index is -0.605. The molecule has 0 spiro atoms. The molecule has 2 rings (SSSR count). The van der Waals surface area contributed by atoms with Crippen molar-refractivity contribution in [1.82, 2.24) is 5.32 Å². The Labute approximate surface area is 160 Å². The van der Waals surface area contributed by atoms with Crippen LogP contribution in [-0.4, -0.2) is 37.0 Å². The molecule has 0 unspecified atom stereocenters. The van der Waals surface area contributed by atoms with Crippen LogP contribution in [0.4, 0.5) is 0 Å². The molecule has 0 aliphatic carbocycles. The quantitative estimate of drug-likeness (QED) is 0.252. The van der Waals surface area contributed by atoms with E-state index in [-0.39, 0.29) is 10.1 Å². The van der Waals surface area contributed by atoms with Crippen LogP contribution < -0.4 is 10.1 Å². The van der Waals surface area contributed by atoms with Gasteiger partial charge in [0.25, 0.3) is 5.91 Å². The van der Waals surface area contributed by atoms with E-state index < -0.39 is 11.9 Å². The van der Waals surface area contributed by atoms with Crippen molar-refractivity contribution in [3.8, 4) is 5.75 Å². The molecule has 1 aliphatic rings. The number of carbonyl (C=O) groups is 2. The van der Waals surface area contributed by atoms with Crippen molar-refractivity contribution in [3.63, 3.8) is 0 Å². The SMILES string of the molecule is CCCOc1ccc(C=N/N=C2/NC(=O)/C(=C\C(=O)OC)S2)cc1CCl. The van der Waals surface area contributed by atoms with Crippen molar-refractivity contribution in [3.05, 3.63) is 40.3 Å². The second kappa shape index (κ2) is 9.98. The number of halogens is 1. The zero-order valence-electron chi connectivity index (χ0n) is 14.3. The van der Waals surface area contributed by atoms with Crippen LogP contribution in [0.2, 0.25) is 0 Å². The molecule has 1 N–H and O–H groups in total.